The Hall–Kier alpha value is -1.23. The molecule has 20 heavy (non-hydrogen) atoms. The summed E-state index contributed by atoms with van der Waals surface area (Å²) in [7, 11) is 1.64. The Labute approximate surface area is 131 Å². The van der Waals surface area contributed by atoms with Crippen LogP contribution in [0.5, 0.6) is 5.75 Å². The molecule has 2 nitrogen and oxygen atoms in total. The van der Waals surface area contributed by atoms with Gasteiger partial charge in [0.25, 0.3) is 0 Å². The van der Waals surface area contributed by atoms with E-state index in [0.29, 0.717) is 9.21 Å². The van der Waals surface area contributed by atoms with Gasteiger partial charge in [-0.05, 0) is 42.2 Å². The Morgan fingerprint density at radius 1 is 1.35 bits per heavy atom. The maximum absolute atomic E-state index is 11.9. The Balaban J connectivity index is 2.17. The van der Waals surface area contributed by atoms with Crippen molar-refractivity contribution >= 4 is 46.6 Å². The van der Waals surface area contributed by atoms with Crippen molar-refractivity contribution < 1.29 is 9.53 Å². The quantitative estimate of drug-likeness (QED) is 0.438. The second-order valence-electron chi connectivity index (χ2n) is 3.92. The van der Waals surface area contributed by atoms with E-state index in [1.807, 2.05) is 24.5 Å². The first-order valence-electron chi connectivity index (χ1n) is 5.84. The van der Waals surface area contributed by atoms with E-state index in [4.69, 9.17) is 16.3 Å². The maximum atomic E-state index is 11.9. The van der Waals surface area contributed by atoms with Crippen LogP contribution < -0.4 is 4.74 Å². The summed E-state index contributed by atoms with van der Waals surface area (Å²) in [6, 6.07) is 9.31. The van der Waals surface area contributed by atoms with E-state index in [1.54, 1.807) is 43.2 Å². The van der Waals surface area contributed by atoms with Gasteiger partial charge in [-0.2, -0.15) is 0 Å². The number of ketones is 1. The van der Waals surface area contributed by atoms with Crippen molar-refractivity contribution in [3.63, 3.8) is 0 Å². The van der Waals surface area contributed by atoms with Gasteiger partial charge in [-0.3, -0.25) is 4.79 Å². The van der Waals surface area contributed by atoms with E-state index in [9.17, 15) is 4.79 Å². The first-order valence-corrected chi connectivity index (χ1v) is 8.25. The molecule has 0 radical (unpaired) electrons. The highest BCUT2D eigenvalue weighted by Gasteiger charge is 2.06. The Morgan fingerprint density at radius 3 is 2.75 bits per heavy atom. The summed E-state index contributed by atoms with van der Waals surface area (Å²) in [5.74, 6) is 0.765. The van der Waals surface area contributed by atoms with Crippen molar-refractivity contribution in [3.8, 4) is 5.75 Å². The normalized spacial score (nSPS) is 10.9. The lowest BCUT2D eigenvalue weighted by molar-refractivity contribution is 0.105. The fraction of sp³-hybridized carbons (Fsp3) is 0.133. The van der Waals surface area contributed by atoms with Gasteiger partial charge < -0.3 is 4.74 Å². The van der Waals surface area contributed by atoms with Gasteiger partial charge in [-0.1, -0.05) is 23.7 Å². The van der Waals surface area contributed by atoms with Gasteiger partial charge in [-0.25, -0.2) is 0 Å². The van der Waals surface area contributed by atoms with E-state index >= 15 is 0 Å². The molecule has 1 aromatic heterocycles. The highest BCUT2D eigenvalue weighted by molar-refractivity contribution is 7.98. The molecule has 1 heterocycles. The number of rotatable bonds is 5. The van der Waals surface area contributed by atoms with Gasteiger partial charge in [0, 0.05) is 4.90 Å². The molecule has 0 atom stereocenters. The molecule has 0 amide bonds. The molecule has 2 aromatic rings. The number of thiophene rings is 1. The molecular formula is C15H13ClO2S2. The summed E-state index contributed by atoms with van der Waals surface area (Å²) in [5, 5.41) is 0. The van der Waals surface area contributed by atoms with Crippen LogP contribution >= 0.6 is 34.7 Å². The molecule has 0 aliphatic rings. The molecule has 104 valence electrons. The lowest BCUT2D eigenvalue weighted by Gasteiger charge is -2.06. The van der Waals surface area contributed by atoms with Crippen LogP contribution in [0.25, 0.3) is 6.08 Å². The molecular weight excluding hydrogens is 312 g/mol. The lowest BCUT2D eigenvalue weighted by atomic mass is 10.2. The summed E-state index contributed by atoms with van der Waals surface area (Å²) < 4.78 is 5.93. The first-order chi connectivity index (χ1) is 9.63. The molecule has 0 saturated heterocycles. The smallest absolute Gasteiger partial charge is 0.195 e. The van der Waals surface area contributed by atoms with Crippen LogP contribution in [-0.2, 0) is 0 Å². The van der Waals surface area contributed by atoms with Crippen LogP contribution in [0.3, 0.4) is 0 Å². The second-order valence-corrected chi connectivity index (χ2v) is 6.48. The standard InChI is InChI=1S/C15H13ClO2S2/c1-18-12-9-10(4-6-14(12)19-2)3-5-11(17)13-7-8-15(16)20-13/h3-9H,1-2H3/b5-3+. The van der Waals surface area contributed by atoms with E-state index in [2.05, 4.69) is 0 Å². The summed E-state index contributed by atoms with van der Waals surface area (Å²) >= 11 is 8.72. The third-order valence-corrected chi connectivity index (χ3v) is 4.67. The minimum absolute atomic E-state index is 0.0465. The van der Waals surface area contributed by atoms with E-state index in [0.717, 1.165) is 16.2 Å². The maximum Gasteiger partial charge on any atom is 0.195 e. The number of hydrogen-bond donors (Lipinski definition) is 0. The first kappa shape index (κ1) is 15.2. The molecule has 0 aliphatic heterocycles. The lowest BCUT2D eigenvalue weighted by Crippen LogP contribution is -1.90. The topological polar surface area (TPSA) is 26.3 Å². The number of benzene rings is 1. The van der Waals surface area contributed by atoms with Crippen molar-refractivity contribution in [2.45, 2.75) is 4.90 Å². The number of hydrogen-bond acceptors (Lipinski definition) is 4. The van der Waals surface area contributed by atoms with Crippen molar-refractivity contribution in [2.24, 2.45) is 0 Å². The van der Waals surface area contributed by atoms with Gasteiger partial charge in [0.2, 0.25) is 0 Å². The van der Waals surface area contributed by atoms with Gasteiger partial charge in [0.1, 0.15) is 5.75 Å². The largest absolute Gasteiger partial charge is 0.496 e. The SMILES string of the molecule is COc1cc(/C=C/C(=O)c2ccc(Cl)s2)ccc1SC. The van der Waals surface area contributed by atoms with Crippen LogP contribution in [0.1, 0.15) is 15.2 Å². The zero-order valence-electron chi connectivity index (χ0n) is 11.1. The number of allylic oxidation sites excluding steroid dienone is 1. The summed E-state index contributed by atoms with van der Waals surface area (Å²) in [4.78, 5) is 13.6. The summed E-state index contributed by atoms with van der Waals surface area (Å²) in [5.41, 5.74) is 0.927. The minimum Gasteiger partial charge on any atom is -0.496 e. The van der Waals surface area contributed by atoms with E-state index < -0.39 is 0 Å². The third-order valence-electron chi connectivity index (χ3n) is 2.65. The molecule has 0 unspecified atom stereocenters. The van der Waals surface area contributed by atoms with Gasteiger partial charge in [0.15, 0.2) is 5.78 Å². The second kappa shape index (κ2) is 6.97. The van der Waals surface area contributed by atoms with Crippen LogP contribution in [0.2, 0.25) is 4.34 Å². The van der Waals surface area contributed by atoms with E-state index in [-0.39, 0.29) is 5.78 Å². The molecule has 0 N–H and O–H groups in total. The van der Waals surface area contributed by atoms with Crippen LogP contribution in [0.15, 0.2) is 41.3 Å². The third kappa shape index (κ3) is 3.66. The zero-order chi connectivity index (χ0) is 14.5. The Morgan fingerprint density at radius 2 is 2.15 bits per heavy atom. The molecule has 0 fully saturated rings. The average molecular weight is 325 g/mol. The van der Waals surface area contributed by atoms with Gasteiger partial charge >= 0.3 is 0 Å². The molecule has 0 aliphatic carbocycles. The zero-order valence-corrected chi connectivity index (χ0v) is 13.4. The molecule has 0 bridgehead atoms. The summed E-state index contributed by atoms with van der Waals surface area (Å²) in [6.07, 6.45) is 5.33. The van der Waals surface area contributed by atoms with Crippen LogP contribution in [0.4, 0.5) is 0 Å². The van der Waals surface area contributed by atoms with Crippen molar-refractivity contribution in [2.75, 3.05) is 13.4 Å². The molecule has 1 aromatic carbocycles. The highest BCUT2D eigenvalue weighted by Crippen LogP contribution is 2.29. The number of carbonyl (C=O) groups excluding carboxylic acids is 1. The van der Waals surface area contributed by atoms with Gasteiger partial charge in [0.05, 0.1) is 16.3 Å². The highest BCUT2D eigenvalue weighted by atomic mass is 35.5. The molecule has 0 spiro atoms. The van der Waals surface area contributed by atoms with Gasteiger partial charge in [-0.15, -0.1) is 23.1 Å². The number of carbonyl (C=O) groups is 1. The van der Waals surface area contributed by atoms with Crippen LogP contribution in [-0.4, -0.2) is 19.1 Å². The average Bonchev–Trinajstić information content (AvgIpc) is 2.91. The van der Waals surface area contributed by atoms with Crippen molar-refractivity contribution in [1.82, 2.24) is 0 Å². The fourth-order valence-electron chi connectivity index (χ4n) is 1.66. The van der Waals surface area contributed by atoms with E-state index in [1.165, 1.54) is 11.3 Å². The Bertz CT molecular complexity index is 647. The monoisotopic (exact) mass is 324 g/mol. The minimum atomic E-state index is -0.0465. The number of halogens is 1. The number of methoxy groups -OCH3 is 1. The van der Waals surface area contributed by atoms with Crippen molar-refractivity contribution in [1.29, 1.82) is 0 Å². The Kier molecular flexibility index (Phi) is 5.29. The molecule has 0 saturated carbocycles. The fourth-order valence-corrected chi connectivity index (χ4v) is 3.17. The summed E-state index contributed by atoms with van der Waals surface area (Å²) in [6.45, 7) is 0. The predicted molar refractivity (Wildman–Crippen MR) is 87.5 cm³/mol. The predicted octanol–water partition coefficient (Wildman–Crippen LogP) is 5.03. The molecule has 5 heteroatoms. The van der Waals surface area contributed by atoms with Crippen molar-refractivity contribution in [3.05, 3.63) is 51.2 Å². The molecule has 2 rings (SSSR count). The number of thioether (sulfide) groups is 1. The van der Waals surface area contributed by atoms with Crippen LogP contribution in [0, 0.1) is 0 Å². The number of ether oxygens (including phenoxy) is 1.